The molecule has 0 aliphatic rings. The Labute approximate surface area is 244 Å². The number of aliphatic carboxylic acids is 1. The van der Waals surface area contributed by atoms with E-state index in [4.69, 9.17) is 9.47 Å². The smallest absolute Gasteiger partial charge is 0.305 e. The Hall–Kier alpha value is -5.18. The summed E-state index contributed by atoms with van der Waals surface area (Å²) in [6.45, 7) is 0.516. The number of aromatic nitrogens is 1. The number of hydrogen-bond donors (Lipinski definition) is 2. The number of nitrogens with zero attached hydrogens (tertiary/aromatic N) is 2. The molecule has 2 amide bonds. The molecule has 1 aromatic heterocycles. The normalized spacial score (nSPS) is 10.5. The quantitative estimate of drug-likeness (QED) is 0.237. The molecule has 9 heteroatoms. The second-order valence-corrected chi connectivity index (χ2v) is 9.46. The maximum absolute atomic E-state index is 14.0. The largest absolute Gasteiger partial charge is 0.497 e. The predicted molar refractivity (Wildman–Crippen MR) is 159 cm³/mol. The highest BCUT2D eigenvalue weighted by atomic mass is 16.5. The van der Waals surface area contributed by atoms with Crippen molar-refractivity contribution in [2.75, 3.05) is 27.3 Å². The summed E-state index contributed by atoms with van der Waals surface area (Å²) in [6.07, 6.45) is 1.87. The number of pyridine rings is 1. The van der Waals surface area contributed by atoms with E-state index in [1.165, 1.54) is 4.90 Å². The standard InChI is InChI=1S/C33H33N3O6/c1-41-25-14-15-30(42-2)23(21-25)16-19-36(20-17-31(37)38)33(40)29-13-6-4-11-27(29)26-10-3-5-12-28(26)32(39)35-22-24-9-7-8-18-34-24/h3-15,18,21H,16-17,19-20,22H2,1-2H3,(H,35,39)(H,37,38). The van der Waals surface area contributed by atoms with Gasteiger partial charge in [-0.15, -0.1) is 0 Å². The number of carbonyl (C=O) groups excluding carboxylic acids is 2. The fourth-order valence-electron chi connectivity index (χ4n) is 4.64. The van der Waals surface area contributed by atoms with E-state index in [1.807, 2.05) is 30.3 Å². The van der Waals surface area contributed by atoms with E-state index >= 15 is 0 Å². The van der Waals surface area contributed by atoms with Crippen LogP contribution in [-0.2, 0) is 17.8 Å². The number of amides is 2. The summed E-state index contributed by atoms with van der Waals surface area (Å²) >= 11 is 0. The zero-order valence-electron chi connectivity index (χ0n) is 23.6. The van der Waals surface area contributed by atoms with Crippen LogP contribution in [0.2, 0.25) is 0 Å². The Morgan fingerprint density at radius 3 is 2.19 bits per heavy atom. The molecule has 42 heavy (non-hydrogen) atoms. The topological polar surface area (TPSA) is 118 Å². The highest BCUT2D eigenvalue weighted by Crippen LogP contribution is 2.29. The minimum absolute atomic E-state index is 0.0149. The SMILES string of the molecule is COc1ccc(OC)c(CCN(CCC(=O)O)C(=O)c2ccccc2-c2ccccc2C(=O)NCc2ccccn2)c1. The second-order valence-electron chi connectivity index (χ2n) is 9.46. The highest BCUT2D eigenvalue weighted by molar-refractivity contribution is 6.06. The predicted octanol–water partition coefficient (Wildman–Crippen LogP) is 4.86. The van der Waals surface area contributed by atoms with Crippen molar-refractivity contribution in [3.05, 3.63) is 114 Å². The molecule has 9 nitrogen and oxygen atoms in total. The molecule has 0 saturated heterocycles. The van der Waals surface area contributed by atoms with Crippen LogP contribution in [0.15, 0.2) is 91.1 Å². The number of ether oxygens (including phenoxy) is 2. The lowest BCUT2D eigenvalue weighted by atomic mass is 9.94. The van der Waals surface area contributed by atoms with Gasteiger partial charge in [-0.2, -0.15) is 0 Å². The van der Waals surface area contributed by atoms with Crippen molar-refractivity contribution in [1.82, 2.24) is 15.2 Å². The minimum atomic E-state index is -1.00. The van der Waals surface area contributed by atoms with Gasteiger partial charge in [-0.3, -0.25) is 19.4 Å². The molecule has 0 saturated carbocycles. The molecule has 0 radical (unpaired) electrons. The Bertz CT molecular complexity index is 1540. The number of benzene rings is 3. The number of hydrogen-bond acceptors (Lipinski definition) is 6. The lowest BCUT2D eigenvalue weighted by Gasteiger charge is -2.24. The molecular formula is C33H33N3O6. The van der Waals surface area contributed by atoms with Gasteiger partial charge in [-0.25, -0.2) is 0 Å². The molecule has 0 aliphatic carbocycles. The van der Waals surface area contributed by atoms with E-state index in [1.54, 1.807) is 75.0 Å². The van der Waals surface area contributed by atoms with Crippen molar-refractivity contribution in [3.8, 4) is 22.6 Å². The van der Waals surface area contributed by atoms with E-state index < -0.39 is 5.97 Å². The van der Waals surface area contributed by atoms with Crippen molar-refractivity contribution < 1.29 is 29.0 Å². The molecule has 2 N–H and O–H groups in total. The molecule has 4 rings (SSSR count). The number of carbonyl (C=O) groups is 3. The van der Waals surface area contributed by atoms with Gasteiger partial charge in [-0.05, 0) is 65.6 Å². The number of carboxylic acids is 1. The maximum Gasteiger partial charge on any atom is 0.305 e. The molecule has 0 aliphatic heterocycles. The molecule has 0 fully saturated rings. The number of rotatable bonds is 13. The molecule has 0 atom stereocenters. The van der Waals surface area contributed by atoms with Gasteiger partial charge in [-0.1, -0.05) is 42.5 Å². The first-order chi connectivity index (χ1) is 20.4. The Morgan fingerprint density at radius 1 is 0.833 bits per heavy atom. The van der Waals surface area contributed by atoms with Crippen molar-refractivity contribution in [2.45, 2.75) is 19.4 Å². The summed E-state index contributed by atoms with van der Waals surface area (Å²) in [5, 5.41) is 12.3. The van der Waals surface area contributed by atoms with E-state index in [9.17, 15) is 19.5 Å². The summed E-state index contributed by atoms with van der Waals surface area (Å²) in [5.74, 6) is -0.344. The van der Waals surface area contributed by atoms with Gasteiger partial charge in [0.1, 0.15) is 11.5 Å². The first kappa shape index (κ1) is 29.8. The number of carboxylic acid groups (broad SMARTS) is 1. The van der Waals surface area contributed by atoms with Gasteiger partial charge in [0.2, 0.25) is 0 Å². The highest BCUT2D eigenvalue weighted by Gasteiger charge is 2.23. The Kier molecular flexibility index (Phi) is 10.3. The van der Waals surface area contributed by atoms with Gasteiger partial charge >= 0.3 is 5.97 Å². The van der Waals surface area contributed by atoms with E-state index in [-0.39, 0.29) is 37.9 Å². The van der Waals surface area contributed by atoms with Crippen LogP contribution < -0.4 is 14.8 Å². The van der Waals surface area contributed by atoms with Crippen LogP contribution >= 0.6 is 0 Å². The lowest BCUT2D eigenvalue weighted by molar-refractivity contribution is -0.137. The van der Waals surface area contributed by atoms with Gasteiger partial charge in [0.05, 0.1) is 32.9 Å². The van der Waals surface area contributed by atoms with Gasteiger partial charge in [0.15, 0.2) is 0 Å². The van der Waals surface area contributed by atoms with Crippen LogP contribution in [0.25, 0.3) is 11.1 Å². The zero-order chi connectivity index (χ0) is 29.9. The first-order valence-corrected chi connectivity index (χ1v) is 13.5. The van der Waals surface area contributed by atoms with Gasteiger partial charge in [0.25, 0.3) is 11.8 Å². The van der Waals surface area contributed by atoms with Crippen LogP contribution in [-0.4, -0.2) is 60.1 Å². The van der Waals surface area contributed by atoms with Crippen LogP contribution in [0.3, 0.4) is 0 Å². The summed E-state index contributed by atoms with van der Waals surface area (Å²) < 4.78 is 10.8. The monoisotopic (exact) mass is 567 g/mol. The third-order valence-electron chi connectivity index (χ3n) is 6.80. The first-order valence-electron chi connectivity index (χ1n) is 13.5. The summed E-state index contributed by atoms with van der Waals surface area (Å²) in [4.78, 5) is 44.5. The average molecular weight is 568 g/mol. The maximum atomic E-state index is 14.0. The summed E-state index contributed by atoms with van der Waals surface area (Å²) in [7, 11) is 3.14. The zero-order valence-corrected chi connectivity index (χ0v) is 23.6. The molecule has 3 aromatic carbocycles. The molecule has 0 bridgehead atoms. The van der Waals surface area contributed by atoms with Crippen LogP contribution in [0, 0.1) is 0 Å². The third-order valence-corrected chi connectivity index (χ3v) is 6.80. The Balaban J connectivity index is 1.62. The fraction of sp³-hybridized carbons (Fsp3) is 0.212. The molecule has 216 valence electrons. The van der Waals surface area contributed by atoms with E-state index in [0.29, 0.717) is 40.2 Å². The minimum Gasteiger partial charge on any atom is -0.497 e. The molecule has 0 spiro atoms. The summed E-state index contributed by atoms with van der Waals surface area (Å²) in [5.41, 5.74) is 3.49. The molecule has 1 heterocycles. The lowest BCUT2D eigenvalue weighted by Crippen LogP contribution is -2.35. The van der Waals surface area contributed by atoms with Crippen LogP contribution in [0.5, 0.6) is 11.5 Å². The fourth-order valence-corrected chi connectivity index (χ4v) is 4.64. The average Bonchev–Trinajstić information content (AvgIpc) is 3.03. The third kappa shape index (κ3) is 7.51. The van der Waals surface area contributed by atoms with Crippen LogP contribution in [0.1, 0.15) is 38.4 Å². The van der Waals surface area contributed by atoms with Gasteiger partial charge in [0, 0.05) is 30.4 Å². The number of nitrogens with one attached hydrogen (secondary N) is 1. The molecule has 4 aromatic rings. The van der Waals surface area contributed by atoms with Gasteiger partial charge < -0.3 is 24.8 Å². The number of methoxy groups -OCH3 is 2. The van der Waals surface area contributed by atoms with Crippen molar-refractivity contribution in [2.24, 2.45) is 0 Å². The van der Waals surface area contributed by atoms with Crippen molar-refractivity contribution in [3.63, 3.8) is 0 Å². The van der Waals surface area contributed by atoms with Crippen molar-refractivity contribution >= 4 is 17.8 Å². The molecular weight excluding hydrogens is 534 g/mol. The van der Waals surface area contributed by atoms with E-state index in [0.717, 1.165) is 11.3 Å². The molecule has 0 unspecified atom stereocenters. The van der Waals surface area contributed by atoms with Crippen LogP contribution in [0.4, 0.5) is 0 Å². The second kappa shape index (κ2) is 14.5. The van der Waals surface area contributed by atoms with E-state index in [2.05, 4.69) is 10.3 Å². The van der Waals surface area contributed by atoms with Crippen molar-refractivity contribution in [1.29, 1.82) is 0 Å². The Morgan fingerprint density at radius 2 is 1.52 bits per heavy atom. The summed E-state index contributed by atoms with van der Waals surface area (Å²) in [6, 6.07) is 25.0.